The molecular formula is C28H23ClN2O6. The van der Waals surface area contributed by atoms with Gasteiger partial charge in [-0.3, -0.25) is 9.59 Å². The minimum Gasteiger partial charge on any atom is -0.462 e. The second-order valence-corrected chi connectivity index (χ2v) is 8.55. The van der Waals surface area contributed by atoms with Gasteiger partial charge >= 0.3 is 11.9 Å². The lowest BCUT2D eigenvalue weighted by Gasteiger charge is -2.15. The number of anilines is 2. The number of hydrogen-bond acceptors (Lipinski definition) is 7. The van der Waals surface area contributed by atoms with Crippen LogP contribution in [0.2, 0.25) is 0 Å². The molecule has 0 fully saturated rings. The zero-order valence-corrected chi connectivity index (χ0v) is 20.9. The minimum absolute atomic E-state index is 0.103. The third kappa shape index (κ3) is 5.54. The van der Waals surface area contributed by atoms with Gasteiger partial charge in [-0.1, -0.05) is 36.7 Å². The van der Waals surface area contributed by atoms with E-state index in [1.165, 1.54) is 36.4 Å². The summed E-state index contributed by atoms with van der Waals surface area (Å²) in [7, 11) is 0. The number of ether oxygens (including phenoxy) is 2. The van der Waals surface area contributed by atoms with Gasteiger partial charge in [-0.15, -0.1) is 0 Å². The van der Waals surface area contributed by atoms with Gasteiger partial charge in [0.05, 0.1) is 23.4 Å². The Morgan fingerprint density at radius 3 is 2.14 bits per heavy atom. The number of para-hydroxylation sites is 1. The number of benzene rings is 3. The van der Waals surface area contributed by atoms with Crippen molar-refractivity contribution in [2.75, 3.05) is 16.8 Å². The minimum atomic E-state index is -0.700. The van der Waals surface area contributed by atoms with E-state index < -0.39 is 23.8 Å². The molecule has 0 unspecified atom stereocenters. The van der Waals surface area contributed by atoms with E-state index in [0.29, 0.717) is 35.6 Å². The smallest absolute Gasteiger partial charge is 0.343 e. The highest BCUT2D eigenvalue weighted by Gasteiger charge is 2.39. The molecular weight excluding hydrogens is 496 g/mol. The van der Waals surface area contributed by atoms with Crippen LogP contribution >= 0.6 is 11.6 Å². The van der Waals surface area contributed by atoms with E-state index in [2.05, 4.69) is 5.32 Å². The fourth-order valence-electron chi connectivity index (χ4n) is 3.53. The summed E-state index contributed by atoms with van der Waals surface area (Å²) in [5.41, 5.74) is 2.03. The first kappa shape index (κ1) is 25.7. The lowest BCUT2D eigenvalue weighted by molar-refractivity contribution is -0.120. The van der Waals surface area contributed by atoms with Gasteiger partial charge in [0, 0.05) is 5.69 Å². The number of amides is 2. The number of imide groups is 1. The summed E-state index contributed by atoms with van der Waals surface area (Å²) in [6, 6.07) is 19.3. The molecule has 8 nitrogen and oxygen atoms in total. The van der Waals surface area contributed by atoms with Crippen LogP contribution in [0.5, 0.6) is 5.75 Å². The highest BCUT2D eigenvalue weighted by atomic mass is 35.5. The average molecular weight is 519 g/mol. The van der Waals surface area contributed by atoms with Crippen molar-refractivity contribution in [3.05, 3.63) is 100 Å². The number of carbonyl (C=O) groups is 4. The van der Waals surface area contributed by atoms with Crippen LogP contribution in [0.1, 0.15) is 39.6 Å². The fraction of sp³-hybridized carbons (Fsp3) is 0.143. The highest BCUT2D eigenvalue weighted by Crippen LogP contribution is 2.30. The molecule has 0 aromatic heterocycles. The van der Waals surface area contributed by atoms with Crippen molar-refractivity contribution < 1.29 is 28.7 Å². The molecule has 37 heavy (non-hydrogen) atoms. The molecule has 0 saturated heterocycles. The Hall–Kier alpha value is -4.43. The summed E-state index contributed by atoms with van der Waals surface area (Å²) in [5, 5.41) is 2.58. The Labute approximate surface area is 218 Å². The molecule has 1 heterocycles. The lowest BCUT2D eigenvalue weighted by atomic mass is 10.2. The van der Waals surface area contributed by atoms with Crippen molar-refractivity contribution in [1.29, 1.82) is 0 Å². The van der Waals surface area contributed by atoms with Crippen LogP contribution in [0.3, 0.4) is 0 Å². The van der Waals surface area contributed by atoms with E-state index >= 15 is 0 Å². The Kier molecular flexibility index (Phi) is 7.69. The molecule has 0 bridgehead atoms. The number of carbonyl (C=O) groups excluding carboxylic acids is 4. The van der Waals surface area contributed by atoms with Crippen LogP contribution in [-0.4, -0.2) is 30.4 Å². The summed E-state index contributed by atoms with van der Waals surface area (Å²) < 4.78 is 10.5. The fourth-order valence-corrected chi connectivity index (χ4v) is 3.75. The number of halogens is 1. The molecule has 1 N–H and O–H groups in total. The van der Waals surface area contributed by atoms with E-state index in [9.17, 15) is 19.2 Å². The van der Waals surface area contributed by atoms with E-state index in [1.54, 1.807) is 24.3 Å². The molecule has 0 aliphatic carbocycles. The number of hydrogen-bond donors (Lipinski definition) is 1. The van der Waals surface area contributed by atoms with Crippen LogP contribution < -0.4 is 15.0 Å². The molecule has 9 heteroatoms. The summed E-state index contributed by atoms with van der Waals surface area (Å²) in [5.74, 6) is -1.91. The predicted molar refractivity (Wildman–Crippen MR) is 139 cm³/mol. The molecule has 0 saturated carbocycles. The van der Waals surface area contributed by atoms with Gasteiger partial charge < -0.3 is 14.8 Å². The van der Waals surface area contributed by atoms with E-state index in [0.717, 1.165) is 10.5 Å². The van der Waals surface area contributed by atoms with Gasteiger partial charge in [-0.25, -0.2) is 14.5 Å². The molecule has 1 aliphatic rings. The zero-order valence-electron chi connectivity index (χ0n) is 20.1. The third-order valence-electron chi connectivity index (χ3n) is 5.51. The predicted octanol–water partition coefficient (Wildman–Crippen LogP) is 5.22. The normalized spacial score (nSPS) is 13.1. The van der Waals surface area contributed by atoms with Gasteiger partial charge in [-0.2, -0.15) is 0 Å². The molecule has 3 aromatic rings. The molecule has 4 rings (SSSR count). The molecule has 1 aliphatic heterocycles. The van der Waals surface area contributed by atoms with Crippen molar-refractivity contribution in [2.45, 2.75) is 20.3 Å². The van der Waals surface area contributed by atoms with Crippen molar-refractivity contribution >= 4 is 46.7 Å². The summed E-state index contributed by atoms with van der Waals surface area (Å²) in [4.78, 5) is 51.2. The first-order chi connectivity index (χ1) is 17.8. The van der Waals surface area contributed by atoms with Gasteiger partial charge in [0.25, 0.3) is 11.8 Å². The Balaban J connectivity index is 1.44. The number of nitrogens with one attached hydrogen (secondary N) is 1. The molecule has 3 aromatic carbocycles. The molecule has 0 atom stereocenters. The molecule has 188 valence electrons. The Morgan fingerprint density at radius 2 is 1.49 bits per heavy atom. The zero-order chi connectivity index (χ0) is 26.5. The van der Waals surface area contributed by atoms with Crippen LogP contribution in [0, 0.1) is 6.92 Å². The van der Waals surface area contributed by atoms with Crippen molar-refractivity contribution in [2.24, 2.45) is 0 Å². The number of rotatable bonds is 8. The van der Waals surface area contributed by atoms with Crippen molar-refractivity contribution in [3.8, 4) is 5.75 Å². The van der Waals surface area contributed by atoms with E-state index in [-0.39, 0.29) is 16.4 Å². The van der Waals surface area contributed by atoms with Gasteiger partial charge in [0.15, 0.2) is 0 Å². The van der Waals surface area contributed by atoms with Gasteiger partial charge in [0.1, 0.15) is 16.5 Å². The largest absolute Gasteiger partial charge is 0.462 e. The van der Waals surface area contributed by atoms with Crippen LogP contribution in [0.15, 0.2) is 83.5 Å². The summed E-state index contributed by atoms with van der Waals surface area (Å²) in [6.07, 6.45) is 0.695. The van der Waals surface area contributed by atoms with E-state index in [1.807, 2.05) is 26.0 Å². The standard InChI is InChI=1S/C28H23ClN2O6/c1-3-16-36-27(34)18-10-14-21(15-11-18)31-25(32)23(29)24(26(31)33)30-20-12-8-19(9-13-20)28(35)37-22-7-5-4-6-17(22)2/h4-15,30H,3,16H2,1-2H3. The topological polar surface area (TPSA) is 102 Å². The van der Waals surface area contributed by atoms with Crippen LogP contribution in [0.25, 0.3) is 0 Å². The van der Waals surface area contributed by atoms with Crippen LogP contribution in [0.4, 0.5) is 11.4 Å². The van der Waals surface area contributed by atoms with E-state index in [4.69, 9.17) is 21.1 Å². The van der Waals surface area contributed by atoms with Crippen LogP contribution in [-0.2, 0) is 14.3 Å². The maximum Gasteiger partial charge on any atom is 0.343 e. The maximum absolute atomic E-state index is 13.0. The second kappa shape index (κ2) is 11.1. The quantitative estimate of drug-likeness (QED) is 0.248. The third-order valence-corrected chi connectivity index (χ3v) is 5.86. The maximum atomic E-state index is 13.0. The second-order valence-electron chi connectivity index (χ2n) is 8.17. The highest BCUT2D eigenvalue weighted by molar-refractivity contribution is 6.53. The van der Waals surface area contributed by atoms with Gasteiger partial charge in [-0.05, 0) is 73.5 Å². The summed E-state index contributed by atoms with van der Waals surface area (Å²) >= 11 is 6.20. The number of nitrogens with zero attached hydrogens (tertiary/aromatic N) is 1. The first-order valence-electron chi connectivity index (χ1n) is 11.5. The number of esters is 2. The lowest BCUT2D eigenvalue weighted by Crippen LogP contribution is -2.32. The summed E-state index contributed by atoms with van der Waals surface area (Å²) in [6.45, 7) is 4.03. The molecule has 0 spiro atoms. The first-order valence-corrected chi connectivity index (χ1v) is 11.9. The monoisotopic (exact) mass is 518 g/mol. The molecule has 0 radical (unpaired) electrons. The van der Waals surface area contributed by atoms with Crippen molar-refractivity contribution in [1.82, 2.24) is 0 Å². The van der Waals surface area contributed by atoms with Gasteiger partial charge in [0.2, 0.25) is 0 Å². The molecule has 2 amide bonds. The Morgan fingerprint density at radius 1 is 0.865 bits per heavy atom. The van der Waals surface area contributed by atoms with Crippen molar-refractivity contribution in [3.63, 3.8) is 0 Å². The number of aryl methyl sites for hydroxylation is 1. The SMILES string of the molecule is CCCOC(=O)c1ccc(N2C(=O)C(Cl)=C(Nc3ccc(C(=O)Oc4ccccc4C)cc3)C2=O)cc1. The Bertz CT molecular complexity index is 1400. The average Bonchev–Trinajstić information content (AvgIpc) is 3.12.